The van der Waals surface area contributed by atoms with Crippen LogP contribution in [-0.2, 0) is 6.61 Å². The third-order valence-corrected chi connectivity index (χ3v) is 3.89. The molecule has 19 heavy (non-hydrogen) atoms. The number of aromatic hydroxyl groups is 1. The predicted molar refractivity (Wildman–Crippen MR) is 78.7 cm³/mol. The molecule has 1 heterocycles. The largest absolute Gasteiger partial charge is 0.508 e. The molecule has 0 radical (unpaired) electrons. The van der Waals surface area contributed by atoms with Crippen LogP contribution < -0.4 is 10.5 Å². The van der Waals surface area contributed by atoms with E-state index < -0.39 is 0 Å². The molecular weight excluding hydrogens is 258 g/mol. The smallest absolute Gasteiger partial charge is 0.123 e. The normalized spacial score (nSPS) is 10.7. The lowest BCUT2D eigenvalue weighted by molar-refractivity contribution is 0.306. The Bertz CT molecular complexity index is 721. The van der Waals surface area contributed by atoms with E-state index in [1.165, 1.54) is 5.39 Å². The van der Waals surface area contributed by atoms with Gasteiger partial charge in [0.15, 0.2) is 0 Å². The number of benzene rings is 2. The van der Waals surface area contributed by atoms with Crippen molar-refractivity contribution in [1.29, 1.82) is 0 Å². The van der Waals surface area contributed by atoms with E-state index in [9.17, 15) is 5.11 Å². The lowest BCUT2D eigenvalue weighted by atomic mass is 10.2. The number of hydrogen-bond acceptors (Lipinski definition) is 4. The first-order chi connectivity index (χ1) is 9.22. The highest BCUT2D eigenvalue weighted by molar-refractivity contribution is 7.17. The zero-order valence-corrected chi connectivity index (χ0v) is 11.0. The van der Waals surface area contributed by atoms with Gasteiger partial charge in [-0.15, -0.1) is 11.3 Å². The molecule has 3 nitrogen and oxygen atoms in total. The van der Waals surface area contributed by atoms with E-state index in [-0.39, 0.29) is 5.75 Å². The molecule has 0 bridgehead atoms. The highest BCUT2D eigenvalue weighted by atomic mass is 32.1. The number of ether oxygens (including phenoxy) is 1. The molecule has 1 aromatic heterocycles. The molecule has 0 fully saturated rings. The topological polar surface area (TPSA) is 55.5 Å². The number of fused-ring (bicyclic) bond motifs is 1. The van der Waals surface area contributed by atoms with Gasteiger partial charge in [-0.3, -0.25) is 0 Å². The standard InChI is InChI=1S/C15H13NO2S/c16-11-4-5-14-10(9-19-15(14)6-11)8-18-13-3-1-2-12(17)7-13/h1-7,9,17H,8,16H2. The Morgan fingerprint density at radius 3 is 2.89 bits per heavy atom. The summed E-state index contributed by atoms with van der Waals surface area (Å²) in [6.45, 7) is 0.480. The average molecular weight is 271 g/mol. The molecule has 2 aromatic carbocycles. The van der Waals surface area contributed by atoms with Gasteiger partial charge in [0.2, 0.25) is 0 Å². The Balaban J connectivity index is 1.82. The minimum Gasteiger partial charge on any atom is -0.508 e. The molecule has 4 heteroatoms. The van der Waals surface area contributed by atoms with E-state index in [1.54, 1.807) is 29.5 Å². The second-order valence-electron chi connectivity index (χ2n) is 4.30. The summed E-state index contributed by atoms with van der Waals surface area (Å²) in [5, 5.41) is 12.6. The summed E-state index contributed by atoms with van der Waals surface area (Å²) in [6, 6.07) is 12.7. The van der Waals surface area contributed by atoms with Crippen molar-refractivity contribution in [2.75, 3.05) is 5.73 Å². The molecule has 0 aliphatic carbocycles. The number of thiophene rings is 1. The maximum Gasteiger partial charge on any atom is 0.123 e. The van der Waals surface area contributed by atoms with E-state index in [2.05, 4.69) is 5.38 Å². The SMILES string of the molecule is Nc1ccc2c(COc3cccc(O)c3)csc2c1. The van der Waals surface area contributed by atoms with Crippen molar-refractivity contribution in [3.63, 3.8) is 0 Å². The monoisotopic (exact) mass is 271 g/mol. The quantitative estimate of drug-likeness (QED) is 0.713. The van der Waals surface area contributed by atoms with Crippen LogP contribution in [0.3, 0.4) is 0 Å². The summed E-state index contributed by atoms with van der Waals surface area (Å²) in [7, 11) is 0. The van der Waals surface area contributed by atoms with Crippen LogP contribution in [0.2, 0.25) is 0 Å². The fourth-order valence-corrected chi connectivity index (χ4v) is 2.94. The molecule has 3 aromatic rings. The van der Waals surface area contributed by atoms with Crippen LogP contribution in [0.5, 0.6) is 11.5 Å². The minimum absolute atomic E-state index is 0.209. The second-order valence-corrected chi connectivity index (χ2v) is 5.21. The molecule has 0 atom stereocenters. The number of nitrogen functional groups attached to an aromatic ring is 1. The molecule has 0 aliphatic heterocycles. The van der Waals surface area contributed by atoms with Gasteiger partial charge in [0.1, 0.15) is 18.1 Å². The highest BCUT2D eigenvalue weighted by Gasteiger charge is 2.05. The van der Waals surface area contributed by atoms with Crippen molar-refractivity contribution < 1.29 is 9.84 Å². The maximum absolute atomic E-state index is 9.38. The van der Waals surface area contributed by atoms with E-state index in [0.29, 0.717) is 12.4 Å². The van der Waals surface area contributed by atoms with Gasteiger partial charge >= 0.3 is 0 Å². The van der Waals surface area contributed by atoms with Crippen LogP contribution >= 0.6 is 11.3 Å². The third kappa shape index (κ3) is 2.48. The highest BCUT2D eigenvalue weighted by Crippen LogP contribution is 2.29. The van der Waals surface area contributed by atoms with Crippen molar-refractivity contribution in [2.24, 2.45) is 0 Å². The van der Waals surface area contributed by atoms with Crippen LogP contribution in [-0.4, -0.2) is 5.11 Å². The predicted octanol–water partition coefficient (Wildman–Crippen LogP) is 3.77. The zero-order valence-electron chi connectivity index (χ0n) is 10.2. The van der Waals surface area contributed by atoms with Crippen molar-refractivity contribution in [3.05, 3.63) is 53.4 Å². The molecule has 0 unspecified atom stereocenters. The van der Waals surface area contributed by atoms with E-state index in [4.69, 9.17) is 10.5 Å². The lowest BCUT2D eigenvalue weighted by Gasteiger charge is -2.05. The Labute approximate surface area is 114 Å². The molecule has 3 N–H and O–H groups in total. The molecule has 0 amide bonds. The van der Waals surface area contributed by atoms with Crippen LogP contribution in [0.25, 0.3) is 10.1 Å². The number of hydrogen-bond donors (Lipinski definition) is 2. The van der Waals surface area contributed by atoms with Crippen LogP contribution in [0.15, 0.2) is 47.8 Å². The van der Waals surface area contributed by atoms with Crippen molar-refractivity contribution in [2.45, 2.75) is 6.61 Å². The van der Waals surface area contributed by atoms with Crippen molar-refractivity contribution >= 4 is 27.1 Å². The average Bonchev–Trinajstić information content (AvgIpc) is 2.78. The summed E-state index contributed by atoms with van der Waals surface area (Å²) in [5.74, 6) is 0.871. The molecule has 0 spiro atoms. The van der Waals surface area contributed by atoms with E-state index in [1.807, 2.05) is 24.3 Å². The zero-order chi connectivity index (χ0) is 13.2. The van der Waals surface area contributed by atoms with Gasteiger partial charge in [-0.2, -0.15) is 0 Å². The van der Waals surface area contributed by atoms with Gasteiger partial charge in [0.25, 0.3) is 0 Å². The van der Waals surface area contributed by atoms with Gasteiger partial charge in [0, 0.05) is 22.0 Å². The number of rotatable bonds is 3. The number of nitrogens with two attached hydrogens (primary N) is 1. The lowest BCUT2D eigenvalue weighted by Crippen LogP contribution is -1.94. The van der Waals surface area contributed by atoms with Gasteiger partial charge < -0.3 is 15.6 Å². The summed E-state index contributed by atoms with van der Waals surface area (Å²) in [5.41, 5.74) is 7.66. The number of anilines is 1. The molecule has 0 aliphatic rings. The van der Waals surface area contributed by atoms with Gasteiger partial charge in [-0.05, 0) is 35.0 Å². The Morgan fingerprint density at radius 1 is 1.16 bits per heavy atom. The molecule has 0 saturated heterocycles. The van der Waals surface area contributed by atoms with Crippen LogP contribution in [0.4, 0.5) is 5.69 Å². The van der Waals surface area contributed by atoms with Gasteiger partial charge in [-0.25, -0.2) is 0 Å². The van der Waals surface area contributed by atoms with Crippen LogP contribution in [0, 0.1) is 0 Å². The summed E-state index contributed by atoms with van der Waals surface area (Å²) in [4.78, 5) is 0. The first-order valence-electron chi connectivity index (χ1n) is 5.90. The molecular formula is C15H13NO2S. The fraction of sp³-hybridized carbons (Fsp3) is 0.0667. The Hall–Kier alpha value is -2.20. The number of phenols is 1. The molecule has 0 saturated carbocycles. The van der Waals surface area contributed by atoms with E-state index >= 15 is 0 Å². The van der Waals surface area contributed by atoms with E-state index in [0.717, 1.165) is 16.0 Å². The second kappa shape index (κ2) is 4.82. The van der Waals surface area contributed by atoms with Crippen molar-refractivity contribution in [3.8, 4) is 11.5 Å². The number of phenolic OH excluding ortho intramolecular Hbond substituents is 1. The minimum atomic E-state index is 0.209. The Kier molecular flexibility index (Phi) is 3.01. The summed E-state index contributed by atoms with van der Waals surface area (Å²) < 4.78 is 6.85. The third-order valence-electron chi connectivity index (χ3n) is 2.89. The maximum atomic E-state index is 9.38. The van der Waals surface area contributed by atoms with Gasteiger partial charge in [0.05, 0.1) is 0 Å². The molecule has 3 rings (SSSR count). The van der Waals surface area contributed by atoms with Crippen molar-refractivity contribution in [1.82, 2.24) is 0 Å². The molecule has 96 valence electrons. The first-order valence-corrected chi connectivity index (χ1v) is 6.78. The van der Waals surface area contributed by atoms with Crippen LogP contribution in [0.1, 0.15) is 5.56 Å². The Morgan fingerprint density at radius 2 is 2.05 bits per heavy atom. The summed E-state index contributed by atoms with van der Waals surface area (Å²) in [6.07, 6.45) is 0. The summed E-state index contributed by atoms with van der Waals surface area (Å²) >= 11 is 1.66. The van der Waals surface area contributed by atoms with Gasteiger partial charge in [-0.1, -0.05) is 12.1 Å². The fourth-order valence-electron chi connectivity index (χ4n) is 1.95. The first kappa shape index (κ1) is 11.9.